The Bertz CT molecular complexity index is 995. The predicted octanol–water partition coefficient (Wildman–Crippen LogP) is 3.81. The highest BCUT2D eigenvalue weighted by Crippen LogP contribution is 2.24. The molecule has 0 aromatic heterocycles. The van der Waals surface area contributed by atoms with E-state index in [1.54, 1.807) is 48.5 Å². The van der Waals surface area contributed by atoms with Gasteiger partial charge in [0.15, 0.2) is 0 Å². The Morgan fingerprint density at radius 1 is 0.448 bits per heavy atom. The van der Waals surface area contributed by atoms with Gasteiger partial charge >= 0.3 is 8.56 Å². The van der Waals surface area contributed by atoms with Gasteiger partial charge in [0.1, 0.15) is 23.0 Å². The largest absolute Gasteiger partial charge is 0.457 e. The van der Waals surface area contributed by atoms with Crippen LogP contribution in [0.1, 0.15) is 0 Å². The van der Waals surface area contributed by atoms with Gasteiger partial charge in [0.25, 0.3) is 0 Å². The van der Waals surface area contributed by atoms with Crippen molar-refractivity contribution in [1.29, 1.82) is 0 Å². The van der Waals surface area contributed by atoms with Gasteiger partial charge in [-0.3, -0.25) is 0 Å². The summed E-state index contributed by atoms with van der Waals surface area (Å²) in [4.78, 5) is 22.6. The van der Waals surface area contributed by atoms with E-state index in [0.717, 1.165) is 0 Å². The van der Waals surface area contributed by atoms with E-state index < -0.39 is 8.56 Å². The maximum absolute atomic E-state index is 11.3. The van der Waals surface area contributed by atoms with E-state index in [2.05, 4.69) is 0 Å². The summed E-state index contributed by atoms with van der Waals surface area (Å²) in [5.41, 5.74) is 0. The molecule has 0 bridgehead atoms. The van der Waals surface area contributed by atoms with Crippen molar-refractivity contribution in [2.24, 2.45) is 0 Å². The molecule has 29 heavy (non-hydrogen) atoms. The number of hydrogen-bond donors (Lipinski definition) is 2. The molecule has 0 atom stereocenters. The second-order valence-electron chi connectivity index (χ2n) is 6.49. The molecule has 0 radical (unpaired) electrons. The average Bonchev–Trinajstić information content (AvgIpc) is 2.76. The molecule has 0 spiro atoms. The molecular formula is C24H20O4Si. The monoisotopic (exact) mass is 400 g/mol. The molecule has 0 saturated heterocycles. The van der Waals surface area contributed by atoms with E-state index in [1.165, 1.54) is 0 Å². The molecule has 4 aromatic carbocycles. The third-order valence-corrected chi connectivity index (χ3v) is 6.80. The number of hydrogen-bond acceptors (Lipinski definition) is 4. The molecule has 4 aromatic rings. The molecule has 5 heteroatoms. The van der Waals surface area contributed by atoms with Gasteiger partial charge in [0.2, 0.25) is 0 Å². The molecule has 4 nitrogen and oxygen atoms in total. The Morgan fingerprint density at radius 2 is 0.793 bits per heavy atom. The zero-order valence-corrected chi connectivity index (χ0v) is 16.6. The van der Waals surface area contributed by atoms with Crippen LogP contribution in [-0.2, 0) is 0 Å². The Balaban J connectivity index is 1.73. The highest BCUT2D eigenvalue weighted by molar-refractivity contribution is 6.91. The van der Waals surface area contributed by atoms with Gasteiger partial charge in [-0.2, -0.15) is 0 Å². The molecular weight excluding hydrogens is 380 g/mol. The smallest absolute Gasteiger partial charge is 0.409 e. The number of ether oxygens (including phenoxy) is 2. The van der Waals surface area contributed by atoms with E-state index in [4.69, 9.17) is 9.47 Å². The van der Waals surface area contributed by atoms with Gasteiger partial charge in [-0.15, -0.1) is 0 Å². The lowest BCUT2D eigenvalue weighted by molar-refractivity contribution is 0.394. The van der Waals surface area contributed by atoms with Crippen molar-refractivity contribution in [2.75, 3.05) is 0 Å². The molecule has 2 N–H and O–H groups in total. The minimum Gasteiger partial charge on any atom is -0.457 e. The number of para-hydroxylation sites is 4. The summed E-state index contributed by atoms with van der Waals surface area (Å²) >= 11 is 0. The van der Waals surface area contributed by atoms with Gasteiger partial charge in [-0.1, -0.05) is 72.8 Å². The normalized spacial score (nSPS) is 11.1. The SMILES string of the molecule is O[Si](O)(c1ccccc1Oc1ccccc1)c1ccccc1Oc1ccccc1. The second kappa shape index (κ2) is 8.32. The maximum Gasteiger partial charge on any atom is 0.409 e. The van der Waals surface area contributed by atoms with E-state index in [9.17, 15) is 9.59 Å². The molecule has 0 aliphatic rings. The topological polar surface area (TPSA) is 58.9 Å². The van der Waals surface area contributed by atoms with E-state index in [0.29, 0.717) is 33.4 Å². The molecule has 0 unspecified atom stereocenters. The van der Waals surface area contributed by atoms with Crippen LogP contribution in [0, 0.1) is 0 Å². The first-order valence-electron chi connectivity index (χ1n) is 9.24. The third kappa shape index (κ3) is 4.22. The first-order valence-corrected chi connectivity index (χ1v) is 11.1. The minimum atomic E-state index is -4.10. The van der Waals surface area contributed by atoms with Gasteiger partial charge in [-0.05, 0) is 36.4 Å². The van der Waals surface area contributed by atoms with Crippen molar-refractivity contribution in [2.45, 2.75) is 0 Å². The zero-order valence-electron chi connectivity index (χ0n) is 15.6. The Hall–Kier alpha value is -3.38. The molecule has 0 amide bonds. The summed E-state index contributed by atoms with van der Waals surface area (Å²) in [5, 5.41) is 0.709. The van der Waals surface area contributed by atoms with E-state index >= 15 is 0 Å². The summed E-state index contributed by atoms with van der Waals surface area (Å²) in [6, 6.07) is 32.5. The van der Waals surface area contributed by atoms with Crippen LogP contribution in [-0.4, -0.2) is 18.2 Å². The minimum absolute atomic E-state index is 0.355. The van der Waals surface area contributed by atoms with Crippen molar-refractivity contribution in [3.63, 3.8) is 0 Å². The molecule has 0 fully saturated rings. The fourth-order valence-electron chi connectivity index (χ4n) is 3.06. The van der Waals surface area contributed by atoms with Crippen LogP contribution < -0.4 is 19.8 Å². The van der Waals surface area contributed by atoms with Crippen LogP contribution in [0.15, 0.2) is 109 Å². The molecule has 0 saturated carbocycles. The Labute approximate surface area is 170 Å². The first-order chi connectivity index (χ1) is 14.1. The fraction of sp³-hybridized carbons (Fsp3) is 0. The van der Waals surface area contributed by atoms with Crippen LogP contribution >= 0.6 is 0 Å². The zero-order chi connectivity index (χ0) is 20.1. The summed E-state index contributed by atoms with van der Waals surface area (Å²) in [6.07, 6.45) is 0. The number of benzene rings is 4. The lowest BCUT2D eigenvalue weighted by Crippen LogP contribution is -2.59. The second-order valence-corrected chi connectivity index (χ2v) is 8.92. The van der Waals surface area contributed by atoms with Gasteiger partial charge in [0, 0.05) is 10.4 Å². The Kier molecular flexibility index (Phi) is 5.44. The van der Waals surface area contributed by atoms with E-state index in [-0.39, 0.29) is 0 Å². The third-order valence-electron chi connectivity index (χ3n) is 4.47. The van der Waals surface area contributed by atoms with E-state index in [1.807, 2.05) is 60.7 Å². The van der Waals surface area contributed by atoms with Crippen LogP contribution in [0.25, 0.3) is 0 Å². The Morgan fingerprint density at radius 3 is 1.21 bits per heavy atom. The average molecular weight is 401 g/mol. The summed E-state index contributed by atoms with van der Waals surface area (Å²) < 4.78 is 11.9. The number of rotatable bonds is 6. The maximum atomic E-state index is 11.3. The lowest BCUT2D eigenvalue weighted by Gasteiger charge is -2.23. The standard InChI is InChI=1S/C24H20O4Si/c25-29(26,23-17-9-7-15-21(23)27-19-11-3-1-4-12-19)24-18-10-8-16-22(24)28-20-13-5-2-6-14-20/h1-18,25-26H. The fourth-order valence-corrected chi connectivity index (χ4v) is 4.97. The first kappa shape index (κ1) is 19.0. The predicted molar refractivity (Wildman–Crippen MR) is 115 cm³/mol. The summed E-state index contributed by atoms with van der Waals surface area (Å²) in [6.45, 7) is 0. The van der Waals surface area contributed by atoms with Crippen LogP contribution in [0.2, 0.25) is 0 Å². The van der Waals surface area contributed by atoms with Crippen LogP contribution in [0.3, 0.4) is 0 Å². The van der Waals surface area contributed by atoms with Crippen molar-refractivity contribution in [3.05, 3.63) is 109 Å². The molecule has 4 rings (SSSR count). The van der Waals surface area contributed by atoms with Gasteiger partial charge in [-0.25, -0.2) is 0 Å². The van der Waals surface area contributed by atoms with Crippen molar-refractivity contribution >= 4 is 18.9 Å². The molecule has 0 heterocycles. The van der Waals surface area contributed by atoms with Crippen LogP contribution in [0.5, 0.6) is 23.0 Å². The van der Waals surface area contributed by atoms with Crippen molar-refractivity contribution < 1.29 is 19.1 Å². The molecule has 144 valence electrons. The van der Waals surface area contributed by atoms with Crippen LogP contribution in [0.4, 0.5) is 0 Å². The van der Waals surface area contributed by atoms with Gasteiger partial charge in [0.05, 0.1) is 0 Å². The quantitative estimate of drug-likeness (QED) is 0.483. The highest BCUT2D eigenvalue weighted by Gasteiger charge is 2.40. The summed E-state index contributed by atoms with van der Waals surface area (Å²) in [5.74, 6) is 2.06. The highest BCUT2D eigenvalue weighted by atomic mass is 28.4. The molecule has 0 aliphatic carbocycles. The van der Waals surface area contributed by atoms with Gasteiger partial charge < -0.3 is 19.1 Å². The van der Waals surface area contributed by atoms with Crippen molar-refractivity contribution in [1.82, 2.24) is 0 Å². The summed E-state index contributed by atoms with van der Waals surface area (Å²) in [7, 11) is -4.10. The molecule has 0 aliphatic heterocycles. The van der Waals surface area contributed by atoms with Crippen molar-refractivity contribution in [3.8, 4) is 23.0 Å². The lowest BCUT2D eigenvalue weighted by atomic mass is 10.3.